The summed E-state index contributed by atoms with van der Waals surface area (Å²) < 4.78 is 27.4. The van der Waals surface area contributed by atoms with Crippen LogP contribution in [0.25, 0.3) is 0 Å². The average molecular weight is 312 g/mol. The molecule has 1 rings (SSSR count). The van der Waals surface area contributed by atoms with E-state index in [4.69, 9.17) is 0 Å². The molecule has 0 amide bonds. The Hall–Kier alpha value is -1.36. The summed E-state index contributed by atoms with van der Waals surface area (Å²) in [6.45, 7) is 6.14. The second-order valence-electron chi connectivity index (χ2n) is 5.62. The van der Waals surface area contributed by atoms with E-state index in [-0.39, 0.29) is 17.6 Å². The Kier molecular flexibility index (Phi) is 6.40. The van der Waals surface area contributed by atoms with Gasteiger partial charge in [0.05, 0.1) is 18.4 Å². The van der Waals surface area contributed by atoms with Gasteiger partial charge in [-0.2, -0.15) is 0 Å². The van der Waals surface area contributed by atoms with Crippen molar-refractivity contribution < 1.29 is 17.9 Å². The molecule has 118 valence electrons. The van der Waals surface area contributed by atoms with Crippen LogP contribution in [0.1, 0.15) is 49.5 Å². The maximum absolute atomic E-state index is 11.5. The van der Waals surface area contributed by atoms with E-state index in [1.807, 2.05) is 26.0 Å². The number of benzene rings is 1. The molecule has 21 heavy (non-hydrogen) atoms. The molecule has 0 heterocycles. The summed E-state index contributed by atoms with van der Waals surface area (Å²) in [5.41, 5.74) is 1.03. The zero-order chi connectivity index (χ0) is 16.0. The smallest absolute Gasteiger partial charge is 0.337 e. The summed E-state index contributed by atoms with van der Waals surface area (Å²) >= 11 is 0. The summed E-state index contributed by atoms with van der Waals surface area (Å²) in [5, 5.41) is 0. The number of carbonyl (C=O) groups excluding carboxylic acids is 1. The fraction of sp³-hybridized carbons (Fsp3) is 0.562. The molecule has 0 saturated heterocycles. The van der Waals surface area contributed by atoms with Crippen LogP contribution >= 0.6 is 0 Å². The number of thiol groups is 1. The van der Waals surface area contributed by atoms with Crippen molar-refractivity contribution in [2.45, 2.75) is 39.0 Å². The number of ether oxygens (including phenoxy) is 1. The van der Waals surface area contributed by atoms with Gasteiger partial charge < -0.3 is 4.74 Å². The minimum atomic E-state index is -2.47. The molecule has 0 N–H and O–H groups in total. The van der Waals surface area contributed by atoms with E-state index in [1.54, 1.807) is 12.1 Å². The van der Waals surface area contributed by atoms with Crippen LogP contribution in [-0.4, -0.2) is 27.2 Å². The number of rotatable bonds is 7. The van der Waals surface area contributed by atoms with E-state index in [1.165, 1.54) is 7.11 Å². The van der Waals surface area contributed by atoms with Gasteiger partial charge in [0.25, 0.3) is 0 Å². The highest BCUT2D eigenvalue weighted by molar-refractivity contribution is 7.72. The van der Waals surface area contributed by atoms with Gasteiger partial charge in [-0.1, -0.05) is 39.3 Å². The van der Waals surface area contributed by atoms with E-state index in [2.05, 4.69) is 11.7 Å². The Bertz CT molecular complexity index is 538. The summed E-state index contributed by atoms with van der Waals surface area (Å²) in [4.78, 5) is 11.5. The molecule has 0 saturated carbocycles. The lowest BCUT2D eigenvalue weighted by Gasteiger charge is -2.36. The second kappa shape index (κ2) is 7.59. The van der Waals surface area contributed by atoms with E-state index in [9.17, 15) is 13.2 Å². The fourth-order valence-corrected chi connectivity index (χ4v) is 4.02. The van der Waals surface area contributed by atoms with Gasteiger partial charge in [-0.3, -0.25) is 0 Å². The maximum Gasteiger partial charge on any atom is 0.337 e. The third-order valence-electron chi connectivity index (χ3n) is 4.09. The maximum atomic E-state index is 11.5. The van der Waals surface area contributed by atoms with E-state index in [0.29, 0.717) is 5.56 Å². The van der Waals surface area contributed by atoms with Crippen LogP contribution < -0.4 is 0 Å². The van der Waals surface area contributed by atoms with Crippen LogP contribution in [0.5, 0.6) is 0 Å². The van der Waals surface area contributed by atoms with Crippen molar-refractivity contribution in [1.82, 2.24) is 0 Å². The third kappa shape index (κ3) is 4.06. The van der Waals surface area contributed by atoms with Crippen molar-refractivity contribution in [3.05, 3.63) is 35.4 Å². The van der Waals surface area contributed by atoms with Gasteiger partial charge in [0.15, 0.2) is 0 Å². The second-order valence-corrected chi connectivity index (χ2v) is 6.60. The van der Waals surface area contributed by atoms with Gasteiger partial charge in [-0.15, -0.1) is 0 Å². The van der Waals surface area contributed by atoms with Crippen LogP contribution in [0.2, 0.25) is 0 Å². The lowest BCUT2D eigenvalue weighted by Crippen LogP contribution is -2.37. The van der Waals surface area contributed by atoms with Crippen molar-refractivity contribution >= 4 is 16.7 Å². The van der Waals surface area contributed by atoms with Crippen molar-refractivity contribution in [3.63, 3.8) is 0 Å². The number of hydrogen-bond acceptors (Lipinski definition) is 4. The molecule has 0 radical (unpaired) electrons. The molecule has 0 bridgehead atoms. The van der Waals surface area contributed by atoms with Crippen LogP contribution in [-0.2, 0) is 20.9 Å². The summed E-state index contributed by atoms with van der Waals surface area (Å²) in [6, 6.07) is 7.10. The van der Waals surface area contributed by atoms with E-state index in [0.717, 1.165) is 18.4 Å². The standard InChI is InChI=1S/C16H24O4S/c1-5-10-16(12(2)3,11-21(18)19)14-8-6-13(7-9-14)15(17)20-4/h6-9,12,21H,5,10-11H2,1-4H3. The molecule has 0 aliphatic heterocycles. The molecule has 1 atom stereocenters. The average Bonchev–Trinajstić information content (AvgIpc) is 2.45. The van der Waals surface area contributed by atoms with Gasteiger partial charge in [-0.05, 0) is 30.0 Å². The van der Waals surface area contributed by atoms with Gasteiger partial charge in [0.2, 0.25) is 0 Å². The topological polar surface area (TPSA) is 60.4 Å². The first-order valence-electron chi connectivity index (χ1n) is 7.18. The molecule has 1 aromatic rings. The molecule has 0 aromatic heterocycles. The Morgan fingerprint density at radius 2 is 1.81 bits per heavy atom. The van der Waals surface area contributed by atoms with Gasteiger partial charge in [-0.25, -0.2) is 13.2 Å². The van der Waals surface area contributed by atoms with Crippen LogP contribution in [0.3, 0.4) is 0 Å². The molecule has 4 nitrogen and oxygen atoms in total. The number of methoxy groups -OCH3 is 1. The first kappa shape index (κ1) is 17.7. The first-order valence-corrected chi connectivity index (χ1v) is 8.54. The molecule has 1 unspecified atom stereocenters. The van der Waals surface area contributed by atoms with Crippen molar-refractivity contribution in [1.29, 1.82) is 0 Å². The minimum absolute atomic E-state index is 0.130. The van der Waals surface area contributed by atoms with Crippen LogP contribution in [0.15, 0.2) is 24.3 Å². The predicted octanol–water partition coefficient (Wildman–Crippen LogP) is 2.78. The monoisotopic (exact) mass is 312 g/mol. The lowest BCUT2D eigenvalue weighted by molar-refractivity contribution is 0.0600. The SMILES string of the molecule is CCCC(C[SH](=O)=O)(c1ccc(C(=O)OC)cc1)C(C)C. The van der Waals surface area contributed by atoms with Crippen molar-refractivity contribution in [3.8, 4) is 0 Å². The highest BCUT2D eigenvalue weighted by Crippen LogP contribution is 2.37. The zero-order valence-corrected chi connectivity index (χ0v) is 14.0. The lowest BCUT2D eigenvalue weighted by atomic mass is 9.70. The zero-order valence-electron chi connectivity index (χ0n) is 13.1. The number of hydrogen-bond donors (Lipinski definition) is 1. The Morgan fingerprint density at radius 3 is 2.19 bits per heavy atom. The van der Waals surface area contributed by atoms with E-state index < -0.39 is 16.1 Å². The normalized spacial score (nSPS) is 14.2. The first-order chi connectivity index (χ1) is 9.87. The summed E-state index contributed by atoms with van der Waals surface area (Å²) in [7, 11) is -1.13. The van der Waals surface area contributed by atoms with Crippen LogP contribution in [0, 0.1) is 5.92 Å². The van der Waals surface area contributed by atoms with Crippen molar-refractivity contribution in [2.75, 3.05) is 12.9 Å². The molecule has 1 aromatic carbocycles. The van der Waals surface area contributed by atoms with E-state index >= 15 is 0 Å². The quantitative estimate of drug-likeness (QED) is 0.621. The predicted molar refractivity (Wildman–Crippen MR) is 84.4 cm³/mol. The summed E-state index contributed by atoms with van der Waals surface area (Å²) in [6.07, 6.45) is 1.70. The number of carbonyl (C=O) groups is 1. The van der Waals surface area contributed by atoms with Gasteiger partial charge in [0, 0.05) is 5.41 Å². The molecule has 0 aliphatic carbocycles. The van der Waals surface area contributed by atoms with Crippen molar-refractivity contribution in [2.24, 2.45) is 5.92 Å². The molecular weight excluding hydrogens is 288 g/mol. The fourth-order valence-electron chi connectivity index (χ4n) is 2.85. The largest absolute Gasteiger partial charge is 0.465 e. The third-order valence-corrected chi connectivity index (χ3v) is 4.92. The molecule has 0 spiro atoms. The van der Waals surface area contributed by atoms with Gasteiger partial charge in [0.1, 0.15) is 10.7 Å². The van der Waals surface area contributed by atoms with Crippen LogP contribution in [0.4, 0.5) is 0 Å². The molecule has 0 fully saturated rings. The molecule has 5 heteroatoms. The van der Waals surface area contributed by atoms with Gasteiger partial charge >= 0.3 is 5.97 Å². The Balaban J connectivity index is 3.27. The molecular formula is C16H24O4S. The summed E-state index contributed by atoms with van der Waals surface area (Å²) in [5.74, 6) is -0.0674. The number of esters is 1. The Labute approximate surface area is 128 Å². The molecule has 0 aliphatic rings. The highest BCUT2D eigenvalue weighted by atomic mass is 32.2. The highest BCUT2D eigenvalue weighted by Gasteiger charge is 2.35. The Morgan fingerprint density at radius 1 is 1.24 bits per heavy atom. The minimum Gasteiger partial charge on any atom is -0.465 e.